The van der Waals surface area contributed by atoms with E-state index in [0.29, 0.717) is 0 Å². The standard InChI is InChI=1S/C21H26BF2N4/c1-5-20(4)21(6-2,7-3)26-15-17(24)9-11-19(26)28-13-12-27(22(20)28)18-10-8-16(23)14-25-18/h6,8-11,14-15H,2,5,7,12-13H2,1,3-4H3/q+1. The Morgan fingerprint density at radius 2 is 1.86 bits per heavy atom. The molecule has 1 fully saturated rings. The molecule has 2 aliphatic heterocycles. The molecule has 0 spiro atoms. The molecule has 0 radical (unpaired) electrons. The van der Waals surface area contributed by atoms with Crippen molar-refractivity contribution in [3.63, 3.8) is 0 Å². The Morgan fingerprint density at radius 3 is 2.46 bits per heavy atom. The van der Waals surface area contributed by atoms with E-state index in [0.717, 1.165) is 37.6 Å². The monoisotopic (exact) mass is 383 g/mol. The summed E-state index contributed by atoms with van der Waals surface area (Å²) in [6.45, 7) is 12.3. The van der Waals surface area contributed by atoms with Gasteiger partial charge in [-0.05, 0) is 37.1 Å². The molecule has 7 heteroatoms. The predicted octanol–water partition coefficient (Wildman–Crippen LogP) is 3.94. The summed E-state index contributed by atoms with van der Waals surface area (Å²) in [6.07, 6.45) is 6.50. The number of nitrogens with zero attached hydrogens (tertiary/aromatic N) is 4. The van der Waals surface area contributed by atoms with E-state index in [-0.39, 0.29) is 23.9 Å². The minimum Gasteiger partial charge on any atom is -0.355 e. The summed E-state index contributed by atoms with van der Waals surface area (Å²) in [6, 6.07) is 6.56. The molecule has 2 aromatic rings. The third-order valence-electron chi connectivity index (χ3n) is 6.96. The van der Waals surface area contributed by atoms with Gasteiger partial charge in [-0.2, -0.15) is 0 Å². The SMILES string of the molecule is C=CC1(CC)[n+]2cc(F)ccc2N2CCN(c3ccc(F)cn3)B2C1(C)CC. The molecule has 4 rings (SSSR count). The van der Waals surface area contributed by atoms with E-state index in [9.17, 15) is 8.78 Å². The molecule has 0 N–H and O–H groups in total. The maximum atomic E-state index is 14.3. The van der Waals surface area contributed by atoms with Crippen molar-refractivity contribution < 1.29 is 13.3 Å². The van der Waals surface area contributed by atoms with Crippen LogP contribution in [0, 0.1) is 11.6 Å². The Morgan fingerprint density at radius 1 is 1.14 bits per heavy atom. The van der Waals surface area contributed by atoms with Crippen molar-refractivity contribution >= 4 is 18.6 Å². The summed E-state index contributed by atoms with van der Waals surface area (Å²) in [4.78, 5) is 8.93. The second kappa shape index (κ2) is 6.57. The first-order chi connectivity index (χ1) is 13.4. The van der Waals surface area contributed by atoms with E-state index in [1.165, 1.54) is 18.3 Å². The average molecular weight is 383 g/mol. The molecule has 2 atom stereocenters. The lowest BCUT2D eigenvalue weighted by molar-refractivity contribution is -0.751. The van der Waals surface area contributed by atoms with Gasteiger partial charge < -0.3 is 9.62 Å². The largest absolute Gasteiger partial charge is 0.508 e. The molecular formula is C21H26BF2N4+. The molecule has 4 nitrogen and oxygen atoms in total. The van der Waals surface area contributed by atoms with Crippen LogP contribution < -0.4 is 14.2 Å². The van der Waals surface area contributed by atoms with Crippen molar-refractivity contribution in [3.05, 3.63) is 60.9 Å². The number of fused-ring (bicyclic) bond motifs is 3. The fraction of sp³-hybridized carbons (Fsp3) is 0.429. The lowest BCUT2D eigenvalue weighted by atomic mass is 9.39. The molecule has 146 valence electrons. The summed E-state index contributed by atoms with van der Waals surface area (Å²) in [5, 5.41) is -0.262. The highest BCUT2D eigenvalue weighted by molar-refractivity contribution is 6.71. The zero-order valence-corrected chi connectivity index (χ0v) is 16.7. The van der Waals surface area contributed by atoms with Gasteiger partial charge in [0.05, 0.1) is 18.1 Å². The topological polar surface area (TPSA) is 23.2 Å². The van der Waals surface area contributed by atoms with Crippen LogP contribution in [0.5, 0.6) is 0 Å². The zero-order valence-electron chi connectivity index (χ0n) is 16.7. The number of anilines is 2. The average Bonchev–Trinajstić information content (AvgIpc) is 3.15. The van der Waals surface area contributed by atoms with Crippen molar-refractivity contribution in [2.45, 2.75) is 44.5 Å². The minimum atomic E-state index is -0.455. The van der Waals surface area contributed by atoms with Crippen molar-refractivity contribution in [1.29, 1.82) is 0 Å². The van der Waals surface area contributed by atoms with Gasteiger partial charge in [-0.15, -0.1) is 0 Å². The van der Waals surface area contributed by atoms with Gasteiger partial charge in [0.1, 0.15) is 23.4 Å². The second-order valence-corrected chi connectivity index (χ2v) is 7.92. The van der Waals surface area contributed by atoms with Crippen molar-refractivity contribution in [1.82, 2.24) is 4.98 Å². The van der Waals surface area contributed by atoms with Gasteiger partial charge in [-0.1, -0.05) is 27.4 Å². The molecule has 0 amide bonds. The van der Waals surface area contributed by atoms with Gasteiger partial charge in [-0.25, -0.2) is 18.3 Å². The quantitative estimate of drug-likeness (QED) is 0.454. The molecule has 28 heavy (non-hydrogen) atoms. The molecule has 0 aromatic carbocycles. The lowest BCUT2D eigenvalue weighted by Crippen LogP contribution is -2.75. The van der Waals surface area contributed by atoms with Crippen molar-refractivity contribution in [2.75, 3.05) is 22.7 Å². The normalized spacial score (nSPS) is 26.2. The van der Waals surface area contributed by atoms with Gasteiger partial charge in [-0.3, -0.25) is 0 Å². The van der Waals surface area contributed by atoms with Gasteiger partial charge in [0, 0.05) is 12.6 Å². The zero-order chi connectivity index (χ0) is 20.1. The van der Waals surface area contributed by atoms with E-state index in [1.807, 2.05) is 12.1 Å². The fourth-order valence-electron chi connectivity index (χ4n) is 5.39. The molecule has 0 aliphatic carbocycles. The maximum Gasteiger partial charge on any atom is 0.508 e. The first kappa shape index (κ1) is 18.9. The third kappa shape index (κ3) is 2.34. The number of aromatic nitrogens is 2. The third-order valence-corrected chi connectivity index (χ3v) is 6.96. The van der Waals surface area contributed by atoms with E-state index in [4.69, 9.17) is 0 Å². The second-order valence-electron chi connectivity index (χ2n) is 7.92. The smallest absolute Gasteiger partial charge is 0.355 e. The highest BCUT2D eigenvalue weighted by Gasteiger charge is 2.69. The highest BCUT2D eigenvalue weighted by Crippen LogP contribution is 2.55. The first-order valence-corrected chi connectivity index (χ1v) is 9.92. The van der Waals surface area contributed by atoms with Crippen LogP contribution in [0.2, 0.25) is 5.31 Å². The summed E-state index contributed by atoms with van der Waals surface area (Å²) in [5.41, 5.74) is -0.455. The van der Waals surface area contributed by atoms with E-state index < -0.39 is 5.54 Å². The van der Waals surface area contributed by atoms with Gasteiger partial charge in [0.25, 0.3) is 5.82 Å². The predicted molar refractivity (Wildman–Crippen MR) is 108 cm³/mol. The van der Waals surface area contributed by atoms with Crippen LogP contribution >= 0.6 is 0 Å². The van der Waals surface area contributed by atoms with Crippen molar-refractivity contribution in [2.24, 2.45) is 0 Å². The molecule has 4 heterocycles. The van der Waals surface area contributed by atoms with Crippen LogP contribution in [0.15, 0.2) is 49.3 Å². The molecule has 1 saturated heterocycles. The Hall–Kier alpha value is -2.44. The van der Waals surface area contributed by atoms with Crippen LogP contribution in [0.4, 0.5) is 20.4 Å². The van der Waals surface area contributed by atoms with Crippen LogP contribution in [0.3, 0.4) is 0 Å². The summed E-state index contributed by atoms with van der Waals surface area (Å²) >= 11 is 0. The minimum absolute atomic E-state index is 0.0128. The summed E-state index contributed by atoms with van der Waals surface area (Å²) in [7, 11) is 0. The Kier molecular flexibility index (Phi) is 4.44. The summed E-state index contributed by atoms with van der Waals surface area (Å²) in [5.74, 6) is 1.14. The highest BCUT2D eigenvalue weighted by atomic mass is 19.1. The van der Waals surface area contributed by atoms with Crippen molar-refractivity contribution in [3.8, 4) is 0 Å². The van der Waals surface area contributed by atoms with Gasteiger partial charge >= 0.3 is 6.98 Å². The number of hydrogen-bond acceptors (Lipinski definition) is 3. The van der Waals surface area contributed by atoms with Crippen LogP contribution in [-0.2, 0) is 5.54 Å². The van der Waals surface area contributed by atoms with Gasteiger partial charge in [0.15, 0.2) is 5.82 Å². The lowest BCUT2D eigenvalue weighted by Gasteiger charge is -2.51. The molecule has 2 aromatic heterocycles. The molecule has 2 aliphatic rings. The van der Waals surface area contributed by atoms with E-state index in [1.54, 1.807) is 12.3 Å². The Bertz CT molecular complexity index is 906. The first-order valence-electron chi connectivity index (χ1n) is 9.92. The van der Waals surface area contributed by atoms with Gasteiger partial charge in [0.2, 0.25) is 0 Å². The fourth-order valence-corrected chi connectivity index (χ4v) is 5.39. The molecular weight excluding hydrogens is 357 g/mol. The molecule has 0 saturated carbocycles. The molecule has 0 bridgehead atoms. The Balaban J connectivity index is 1.95. The number of halogens is 2. The number of hydrogen-bond donors (Lipinski definition) is 0. The number of rotatable bonds is 4. The number of allylic oxidation sites excluding steroid dienone is 1. The van der Waals surface area contributed by atoms with Crippen LogP contribution in [-0.4, -0.2) is 25.1 Å². The van der Waals surface area contributed by atoms with E-state index >= 15 is 0 Å². The Labute approximate surface area is 165 Å². The van der Waals surface area contributed by atoms with Crippen LogP contribution in [0.25, 0.3) is 0 Å². The van der Waals surface area contributed by atoms with Crippen LogP contribution in [0.1, 0.15) is 33.6 Å². The molecule has 2 unspecified atom stereocenters. The summed E-state index contributed by atoms with van der Waals surface area (Å²) < 4.78 is 29.8. The van der Waals surface area contributed by atoms with E-state index in [2.05, 4.69) is 46.5 Å². The number of pyridine rings is 2. The maximum absolute atomic E-state index is 14.3.